The second kappa shape index (κ2) is 5.18. The zero-order valence-corrected chi connectivity index (χ0v) is 10.8. The number of aromatic nitrogens is 4. The highest BCUT2D eigenvalue weighted by Gasteiger charge is 2.12. The number of ether oxygens (including phenoxy) is 1. The fraction of sp³-hybridized carbons (Fsp3) is 0.545. The van der Waals surface area contributed by atoms with Gasteiger partial charge in [-0.1, -0.05) is 0 Å². The number of nitrogens with two attached hydrogens (primary N) is 1. The van der Waals surface area contributed by atoms with Crippen molar-refractivity contribution in [1.82, 2.24) is 19.9 Å². The van der Waals surface area contributed by atoms with E-state index in [1.807, 2.05) is 25.8 Å². The van der Waals surface area contributed by atoms with Crippen LogP contribution >= 0.6 is 0 Å². The van der Waals surface area contributed by atoms with Crippen LogP contribution in [0.2, 0.25) is 0 Å². The van der Waals surface area contributed by atoms with Crippen LogP contribution in [-0.2, 0) is 4.74 Å². The normalized spacial score (nSPS) is 11.3. The monoisotopic (exact) mass is 250 g/mol. The van der Waals surface area contributed by atoms with E-state index >= 15 is 0 Å². The van der Waals surface area contributed by atoms with Crippen LogP contribution in [0.5, 0.6) is 0 Å². The minimum Gasteiger partial charge on any atom is -0.377 e. The Morgan fingerprint density at radius 3 is 2.94 bits per heavy atom. The van der Waals surface area contributed by atoms with Crippen molar-refractivity contribution in [3.63, 3.8) is 0 Å². The summed E-state index contributed by atoms with van der Waals surface area (Å²) in [6.07, 6.45) is 1.81. The van der Waals surface area contributed by atoms with E-state index in [4.69, 9.17) is 10.5 Å². The number of H-pyrrole nitrogens is 1. The molecule has 7 nitrogen and oxygen atoms in total. The number of nitrogen functional groups attached to an aromatic ring is 1. The Morgan fingerprint density at radius 2 is 2.22 bits per heavy atom. The van der Waals surface area contributed by atoms with Gasteiger partial charge in [0.25, 0.3) is 0 Å². The molecule has 18 heavy (non-hydrogen) atoms. The van der Waals surface area contributed by atoms with Gasteiger partial charge in [0, 0.05) is 13.6 Å². The minimum atomic E-state index is 0.223. The van der Waals surface area contributed by atoms with Crippen molar-refractivity contribution < 1.29 is 4.74 Å². The van der Waals surface area contributed by atoms with Crippen LogP contribution in [-0.4, -0.2) is 46.2 Å². The molecule has 2 aromatic rings. The van der Waals surface area contributed by atoms with Crippen LogP contribution in [0.3, 0.4) is 0 Å². The number of nitrogens with one attached hydrogen (secondary N) is 1. The third-order valence-electron chi connectivity index (χ3n) is 2.52. The van der Waals surface area contributed by atoms with Gasteiger partial charge in [-0.3, -0.25) is 0 Å². The Bertz CT molecular complexity index is 523. The van der Waals surface area contributed by atoms with E-state index in [1.165, 1.54) is 0 Å². The largest absolute Gasteiger partial charge is 0.377 e. The number of nitrogens with zero attached hydrogens (tertiary/aromatic N) is 4. The van der Waals surface area contributed by atoms with E-state index in [0.717, 1.165) is 17.9 Å². The molecule has 0 saturated heterocycles. The third-order valence-corrected chi connectivity index (χ3v) is 2.52. The summed E-state index contributed by atoms with van der Waals surface area (Å²) in [4.78, 5) is 17.4. The number of aromatic amines is 1. The van der Waals surface area contributed by atoms with Gasteiger partial charge in [0.05, 0.1) is 19.0 Å². The first kappa shape index (κ1) is 12.6. The predicted octanol–water partition coefficient (Wildman–Crippen LogP) is 0.796. The first-order valence-corrected chi connectivity index (χ1v) is 5.87. The van der Waals surface area contributed by atoms with Crippen molar-refractivity contribution in [2.24, 2.45) is 0 Å². The smallest absolute Gasteiger partial charge is 0.224 e. The van der Waals surface area contributed by atoms with Crippen molar-refractivity contribution in [2.45, 2.75) is 20.0 Å². The second-order valence-corrected chi connectivity index (χ2v) is 4.35. The van der Waals surface area contributed by atoms with Crippen LogP contribution < -0.4 is 10.6 Å². The van der Waals surface area contributed by atoms with Gasteiger partial charge in [0.1, 0.15) is 5.52 Å². The van der Waals surface area contributed by atoms with Crippen LogP contribution in [0.4, 0.5) is 11.8 Å². The maximum atomic E-state index is 5.66. The molecular formula is C11H18N6O. The van der Waals surface area contributed by atoms with Gasteiger partial charge < -0.3 is 20.4 Å². The molecule has 98 valence electrons. The lowest BCUT2D eigenvalue weighted by atomic mass is 10.4. The first-order chi connectivity index (χ1) is 8.58. The molecule has 0 saturated carbocycles. The van der Waals surface area contributed by atoms with Crippen LogP contribution in [0.15, 0.2) is 6.33 Å². The highest BCUT2D eigenvalue weighted by Crippen LogP contribution is 2.20. The van der Waals surface area contributed by atoms with E-state index in [2.05, 4.69) is 19.9 Å². The summed E-state index contributed by atoms with van der Waals surface area (Å²) < 4.78 is 5.52. The number of hydrogen-bond acceptors (Lipinski definition) is 6. The quantitative estimate of drug-likeness (QED) is 0.815. The molecule has 7 heteroatoms. The van der Waals surface area contributed by atoms with Crippen molar-refractivity contribution >= 4 is 22.9 Å². The highest BCUT2D eigenvalue weighted by molar-refractivity contribution is 5.83. The number of fused-ring (bicyclic) bond motifs is 1. The van der Waals surface area contributed by atoms with Gasteiger partial charge in [-0.2, -0.15) is 9.97 Å². The molecule has 0 radical (unpaired) electrons. The fourth-order valence-electron chi connectivity index (χ4n) is 1.64. The summed E-state index contributed by atoms with van der Waals surface area (Å²) in [5.74, 6) is 0.962. The van der Waals surface area contributed by atoms with E-state index in [0.29, 0.717) is 12.3 Å². The lowest BCUT2D eigenvalue weighted by Crippen LogP contribution is -2.25. The van der Waals surface area contributed by atoms with Gasteiger partial charge >= 0.3 is 0 Å². The highest BCUT2D eigenvalue weighted by atomic mass is 16.5. The molecule has 0 unspecified atom stereocenters. The van der Waals surface area contributed by atoms with E-state index < -0.39 is 0 Å². The molecule has 3 N–H and O–H groups in total. The van der Waals surface area contributed by atoms with E-state index in [-0.39, 0.29) is 12.1 Å². The summed E-state index contributed by atoms with van der Waals surface area (Å²) in [6, 6.07) is 0. The number of imidazole rings is 1. The molecule has 0 aromatic carbocycles. The molecule has 0 aliphatic rings. The summed E-state index contributed by atoms with van der Waals surface area (Å²) >= 11 is 0. The number of rotatable bonds is 5. The molecule has 0 aliphatic heterocycles. The Kier molecular flexibility index (Phi) is 3.61. The third kappa shape index (κ3) is 2.67. The summed E-state index contributed by atoms with van der Waals surface area (Å²) in [6.45, 7) is 5.38. The lowest BCUT2D eigenvalue weighted by Gasteiger charge is -2.19. The molecular weight excluding hydrogens is 232 g/mol. The van der Waals surface area contributed by atoms with Gasteiger partial charge in [-0.15, -0.1) is 0 Å². The molecule has 0 bridgehead atoms. The summed E-state index contributed by atoms with van der Waals surface area (Å²) in [5.41, 5.74) is 7.03. The van der Waals surface area contributed by atoms with Crippen molar-refractivity contribution in [1.29, 1.82) is 0 Å². The minimum absolute atomic E-state index is 0.223. The first-order valence-electron chi connectivity index (χ1n) is 5.87. The number of hydrogen-bond donors (Lipinski definition) is 2. The maximum absolute atomic E-state index is 5.66. The summed E-state index contributed by atoms with van der Waals surface area (Å²) in [5, 5.41) is 0. The number of anilines is 2. The van der Waals surface area contributed by atoms with E-state index in [9.17, 15) is 0 Å². The Morgan fingerprint density at radius 1 is 1.44 bits per heavy atom. The van der Waals surface area contributed by atoms with Crippen molar-refractivity contribution in [3.05, 3.63) is 6.33 Å². The zero-order valence-electron chi connectivity index (χ0n) is 10.8. The molecule has 0 amide bonds. The molecule has 2 rings (SSSR count). The van der Waals surface area contributed by atoms with E-state index in [1.54, 1.807) is 6.33 Å². The second-order valence-electron chi connectivity index (χ2n) is 4.35. The molecule has 0 spiro atoms. The van der Waals surface area contributed by atoms with Crippen LogP contribution in [0, 0.1) is 0 Å². The average molecular weight is 250 g/mol. The van der Waals surface area contributed by atoms with Crippen molar-refractivity contribution in [3.8, 4) is 0 Å². The van der Waals surface area contributed by atoms with Crippen LogP contribution in [0.25, 0.3) is 11.2 Å². The topological polar surface area (TPSA) is 92.9 Å². The Balaban J connectivity index is 2.16. The van der Waals surface area contributed by atoms with Gasteiger partial charge in [-0.25, -0.2) is 4.98 Å². The SMILES string of the molecule is CC(C)OCCN(C)c1nc(N)nc2nc[nH]c12. The Labute approximate surface area is 105 Å². The summed E-state index contributed by atoms with van der Waals surface area (Å²) in [7, 11) is 1.94. The van der Waals surface area contributed by atoms with Crippen molar-refractivity contribution in [2.75, 3.05) is 30.8 Å². The van der Waals surface area contributed by atoms with Crippen LogP contribution in [0.1, 0.15) is 13.8 Å². The molecule has 0 fully saturated rings. The van der Waals surface area contributed by atoms with Gasteiger partial charge in [0.2, 0.25) is 5.95 Å². The van der Waals surface area contributed by atoms with Gasteiger partial charge in [-0.05, 0) is 13.8 Å². The predicted molar refractivity (Wildman–Crippen MR) is 70.5 cm³/mol. The average Bonchev–Trinajstić information content (AvgIpc) is 2.74. The molecule has 2 aromatic heterocycles. The lowest BCUT2D eigenvalue weighted by molar-refractivity contribution is 0.0845. The van der Waals surface area contributed by atoms with Gasteiger partial charge in [0.15, 0.2) is 11.5 Å². The maximum Gasteiger partial charge on any atom is 0.224 e. The molecule has 2 heterocycles. The molecule has 0 atom stereocenters. The zero-order chi connectivity index (χ0) is 13.1. The molecule has 0 aliphatic carbocycles. The Hall–Kier alpha value is -1.89. The number of likely N-dealkylation sites (N-methyl/N-ethyl adjacent to an activating group) is 1. The fourth-order valence-corrected chi connectivity index (χ4v) is 1.64. The standard InChI is InChI=1S/C11H18N6O/c1-7(2)18-5-4-17(3)10-8-9(14-6-13-8)15-11(12)16-10/h6-7H,4-5H2,1-3H3,(H3,12,13,14,15,16).